The van der Waals surface area contributed by atoms with Crippen molar-refractivity contribution >= 4 is 28.6 Å². The van der Waals surface area contributed by atoms with Crippen molar-refractivity contribution in [2.45, 2.75) is 37.2 Å². The first-order valence-electron chi connectivity index (χ1n) is 10.4. The highest BCUT2D eigenvalue weighted by Gasteiger charge is 2.22. The Morgan fingerprint density at radius 2 is 1.72 bits per heavy atom. The molecule has 2 heterocycles. The Morgan fingerprint density at radius 3 is 2.44 bits per heavy atom. The molecular weight excluding hydrogens is 420 g/mol. The highest BCUT2D eigenvalue weighted by molar-refractivity contribution is 8.00. The standard InChI is InChI=1S/C25H24N4O2S/c1-16-13-14-22(26-15-16)29-24(31)20-11-7-8-12-21(20)28-25(29)32-18(3)23(30)27-17(2)19-9-5-4-6-10-19/h4-15,17-18H,1-3H3,(H,27,30). The minimum absolute atomic E-state index is 0.128. The van der Waals surface area contributed by atoms with Gasteiger partial charge in [-0.05, 0) is 50.1 Å². The average molecular weight is 445 g/mol. The van der Waals surface area contributed by atoms with Gasteiger partial charge >= 0.3 is 0 Å². The summed E-state index contributed by atoms with van der Waals surface area (Å²) in [5.41, 5.74) is 2.41. The first kappa shape index (κ1) is 21.8. The second-order valence-corrected chi connectivity index (χ2v) is 8.95. The Kier molecular flexibility index (Phi) is 6.37. The van der Waals surface area contributed by atoms with Crippen molar-refractivity contribution in [3.63, 3.8) is 0 Å². The van der Waals surface area contributed by atoms with Crippen molar-refractivity contribution in [3.05, 3.63) is 94.4 Å². The third-order valence-corrected chi connectivity index (χ3v) is 6.23. The van der Waals surface area contributed by atoms with Crippen LogP contribution in [0.25, 0.3) is 16.7 Å². The van der Waals surface area contributed by atoms with Crippen LogP contribution in [-0.4, -0.2) is 25.7 Å². The Hall–Kier alpha value is -3.45. The molecule has 4 rings (SSSR count). The van der Waals surface area contributed by atoms with Crippen molar-refractivity contribution < 1.29 is 4.79 Å². The van der Waals surface area contributed by atoms with Gasteiger partial charge in [0, 0.05) is 6.20 Å². The van der Waals surface area contributed by atoms with E-state index >= 15 is 0 Å². The summed E-state index contributed by atoms with van der Waals surface area (Å²) in [6.07, 6.45) is 1.71. The number of aromatic nitrogens is 3. The molecule has 1 N–H and O–H groups in total. The van der Waals surface area contributed by atoms with Crippen molar-refractivity contribution in [1.82, 2.24) is 19.9 Å². The highest BCUT2D eigenvalue weighted by Crippen LogP contribution is 2.25. The zero-order valence-electron chi connectivity index (χ0n) is 18.1. The molecule has 4 aromatic rings. The molecule has 32 heavy (non-hydrogen) atoms. The number of nitrogens with one attached hydrogen (secondary N) is 1. The van der Waals surface area contributed by atoms with Gasteiger partial charge in [0.25, 0.3) is 5.56 Å². The predicted octanol–water partition coefficient (Wildman–Crippen LogP) is 4.45. The van der Waals surface area contributed by atoms with E-state index in [0.29, 0.717) is 21.9 Å². The number of benzene rings is 2. The number of thioether (sulfide) groups is 1. The van der Waals surface area contributed by atoms with Gasteiger partial charge in [-0.25, -0.2) is 14.5 Å². The summed E-state index contributed by atoms with van der Waals surface area (Å²) in [6, 6.07) is 20.6. The fraction of sp³-hybridized carbons (Fsp3) is 0.200. The number of aryl methyl sites for hydroxylation is 1. The van der Waals surface area contributed by atoms with Crippen LogP contribution < -0.4 is 10.9 Å². The minimum atomic E-state index is -0.467. The number of carbonyl (C=O) groups excluding carboxylic acids is 1. The molecule has 2 unspecified atom stereocenters. The SMILES string of the molecule is Cc1ccc(-n2c(SC(C)C(=O)NC(C)c3ccccc3)nc3ccccc3c2=O)nc1. The van der Waals surface area contributed by atoms with Gasteiger partial charge in [0.15, 0.2) is 5.16 Å². The number of para-hydroxylation sites is 1. The van der Waals surface area contributed by atoms with E-state index in [-0.39, 0.29) is 17.5 Å². The number of rotatable bonds is 6. The van der Waals surface area contributed by atoms with Crippen LogP contribution in [-0.2, 0) is 4.79 Å². The number of amides is 1. The molecule has 0 fully saturated rings. The fourth-order valence-corrected chi connectivity index (χ4v) is 4.28. The molecule has 0 bridgehead atoms. The molecule has 0 spiro atoms. The van der Waals surface area contributed by atoms with E-state index in [9.17, 15) is 9.59 Å². The Labute approximate surface area is 190 Å². The topological polar surface area (TPSA) is 76.9 Å². The Morgan fingerprint density at radius 1 is 1.00 bits per heavy atom. The van der Waals surface area contributed by atoms with Crippen molar-refractivity contribution in [1.29, 1.82) is 0 Å². The van der Waals surface area contributed by atoms with Crippen LogP contribution in [0.15, 0.2) is 82.9 Å². The lowest BCUT2D eigenvalue weighted by Crippen LogP contribution is -2.33. The van der Waals surface area contributed by atoms with Crippen LogP contribution in [0, 0.1) is 6.92 Å². The van der Waals surface area contributed by atoms with E-state index in [1.54, 1.807) is 24.4 Å². The quantitative estimate of drug-likeness (QED) is 0.351. The maximum atomic E-state index is 13.3. The molecule has 0 aliphatic carbocycles. The van der Waals surface area contributed by atoms with E-state index in [1.165, 1.54) is 16.3 Å². The summed E-state index contributed by atoms with van der Waals surface area (Å²) < 4.78 is 1.48. The van der Waals surface area contributed by atoms with Crippen LogP contribution in [0.5, 0.6) is 0 Å². The lowest BCUT2D eigenvalue weighted by Gasteiger charge is -2.19. The Balaban J connectivity index is 1.67. The van der Waals surface area contributed by atoms with Gasteiger partial charge in [-0.3, -0.25) is 9.59 Å². The van der Waals surface area contributed by atoms with Crippen molar-refractivity contribution in [2.24, 2.45) is 0 Å². The highest BCUT2D eigenvalue weighted by atomic mass is 32.2. The predicted molar refractivity (Wildman–Crippen MR) is 128 cm³/mol. The number of nitrogens with zero attached hydrogens (tertiary/aromatic N) is 3. The maximum absolute atomic E-state index is 13.3. The summed E-state index contributed by atoms with van der Waals surface area (Å²) in [5.74, 6) is 0.351. The van der Waals surface area contributed by atoms with Gasteiger partial charge in [0.1, 0.15) is 5.82 Å². The molecule has 0 saturated carbocycles. The second-order valence-electron chi connectivity index (χ2n) is 7.65. The molecular formula is C25H24N4O2S. The van der Waals surface area contributed by atoms with Gasteiger partial charge in [-0.15, -0.1) is 0 Å². The number of fused-ring (bicyclic) bond motifs is 1. The molecule has 6 nitrogen and oxygen atoms in total. The first-order valence-corrected chi connectivity index (χ1v) is 11.3. The molecule has 0 radical (unpaired) electrons. The lowest BCUT2D eigenvalue weighted by molar-refractivity contribution is -0.120. The maximum Gasteiger partial charge on any atom is 0.267 e. The smallest absolute Gasteiger partial charge is 0.267 e. The van der Waals surface area contributed by atoms with Gasteiger partial charge in [-0.1, -0.05) is 60.3 Å². The molecule has 7 heteroatoms. The average Bonchev–Trinajstić information content (AvgIpc) is 2.80. The molecule has 0 aliphatic heterocycles. The zero-order valence-corrected chi connectivity index (χ0v) is 19.0. The molecule has 0 saturated heterocycles. The summed E-state index contributed by atoms with van der Waals surface area (Å²) in [7, 11) is 0. The first-order chi connectivity index (χ1) is 15.4. The summed E-state index contributed by atoms with van der Waals surface area (Å²) >= 11 is 1.24. The minimum Gasteiger partial charge on any atom is -0.349 e. The molecule has 0 aliphatic rings. The summed E-state index contributed by atoms with van der Waals surface area (Å²) in [6.45, 7) is 5.70. The zero-order chi connectivity index (χ0) is 22.7. The Bertz CT molecular complexity index is 1300. The van der Waals surface area contributed by atoms with E-state index in [2.05, 4.69) is 10.3 Å². The van der Waals surface area contributed by atoms with Crippen LogP contribution in [0.3, 0.4) is 0 Å². The van der Waals surface area contributed by atoms with Crippen LogP contribution in [0.2, 0.25) is 0 Å². The van der Waals surface area contributed by atoms with Gasteiger partial charge < -0.3 is 5.32 Å². The lowest BCUT2D eigenvalue weighted by atomic mass is 10.1. The molecule has 1 amide bonds. The van der Waals surface area contributed by atoms with E-state index in [4.69, 9.17) is 4.98 Å². The van der Waals surface area contributed by atoms with Gasteiger partial charge in [0.2, 0.25) is 5.91 Å². The van der Waals surface area contributed by atoms with Crippen LogP contribution in [0.4, 0.5) is 0 Å². The summed E-state index contributed by atoms with van der Waals surface area (Å²) in [4.78, 5) is 35.4. The van der Waals surface area contributed by atoms with Crippen molar-refractivity contribution in [2.75, 3.05) is 0 Å². The third-order valence-electron chi connectivity index (χ3n) is 5.18. The van der Waals surface area contributed by atoms with Crippen molar-refractivity contribution in [3.8, 4) is 5.82 Å². The van der Waals surface area contributed by atoms with E-state index in [1.807, 2.05) is 69.3 Å². The van der Waals surface area contributed by atoms with Gasteiger partial charge in [-0.2, -0.15) is 0 Å². The number of hydrogen-bond acceptors (Lipinski definition) is 5. The van der Waals surface area contributed by atoms with Gasteiger partial charge in [0.05, 0.1) is 22.2 Å². The normalized spacial score (nSPS) is 13.0. The van der Waals surface area contributed by atoms with Crippen LogP contribution >= 0.6 is 11.8 Å². The van der Waals surface area contributed by atoms with Crippen LogP contribution in [0.1, 0.15) is 31.0 Å². The molecule has 162 valence electrons. The second kappa shape index (κ2) is 9.36. The molecule has 2 aromatic heterocycles. The largest absolute Gasteiger partial charge is 0.349 e. The molecule has 2 aromatic carbocycles. The number of hydrogen-bond donors (Lipinski definition) is 1. The van der Waals surface area contributed by atoms with E-state index < -0.39 is 5.25 Å². The fourth-order valence-electron chi connectivity index (χ4n) is 3.35. The van der Waals surface area contributed by atoms with E-state index in [0.717, 1.165) is 11.1 Å². The summed E-state index contributed by atoms with van der Waals surface area (Å²) in [5, 5.41) is 3.52. The number of carbonyl (C=O) groups is 1. The molecule has 2 atom stereocenters. The third kappa shape index (κ3) is 4.57. The monoisotopic (exact) mass is 444 g/mol. The number of pyridine rings is 1.